The molecule has 226 valence electrons. The average molecular weight is 715 g/mol. The Kier molecular flexibility index (Phi) is 12.1. The molecule has 1 aliphatic rings. The Balaban J connectivity index is 0.000000226. The van der Waals surface area contributed by atoms with Crippen molar-refractivity contribution in [2.75, 3.05) is 0 Å². The smallest absolute Gasteiger partial charge is 0.0920 e. The van der Waals surface area contributed by atoms with Gasteiger partial charge in [-0.3, -0.25) is 0 Å². The summed E-state index contributed by atoms with van der Waals surface area (Å²) in [5.41, 5.74) is 11.4. The Morgan fingerprint density at radius 2 is 1.36 bits per heavy atom. The third kappa shape index (κ3) is 8.11. The van der Waals surface area contributed by atoms with Crippen molar-refractivity contribution < 1.29 is 20.8 Å². The van der Waals surface area contributed by atoms with Gasteiger partial charge in [0, 0.05) is 0 Å². The number of rotatable bonds is 4. The van der Waals surface area contributed by atoms with Crippen LogP contribution in [0.2, 0.25) is 0 Å². The predicted molar refractivity (Wildman–Crippen MR) is 193 cm³/mol. The van der Waals surface area contributed by atoms with E-state index in [-0.39, 0.29) is 5.41 Å². The molecule has 0 bridgehead atoms. The molecule has 5 aromatic rings. The van der Waals surface area contributed by atoms with Crippen LogP contribution in [0.3, 0.4) is 0 Å². The van der Waals surface area contributed by atoms with Crippen LogP contribution in [0.15, 0.2) is 84.9 Å². The fraction of sp³-hybridized carbons (Fsp3) is 0.325. The van der Waals surface area contributed by atoms with Gasteiger partial charge in [-0.1, -0.05) is 127 Å². The fourth-order valence-corrected chi connectivity index (χ4v) is 7.10. The van der Waals surface area contributed by atoms with E-state index >= 15 is 0 Å². The predicted octanol–water partition coefficient (Wildman–Crippen LogP) is 11.4. The van der Waals surface area contributed by atoms with E-state index in [0.29, 0.717) is 17.8 Å². The van der Waals surface area contributed by atoms with Gasteiger partial charge in [0.05, 0.1) is 9.52 Å². The molecule has 0 saturated heterocycles. The van der Waals surface area contributed by atoms with Crippen molar-refractivity contribution in [2.45, 2.75) is 85.5 Å². The van der Waals surface area contributed by atoms with E-state index in [9.17, 15) is 0 Å². The van der Waals surface area contributed by atoms with Crippen LogP contribution >= 0.6 is 17.0 Å². The maximum atomic E-state index is 4.93. The zero-order valence-electron chi connectivity index (χ0n) is 27.6. The van der Waals surface area contributed by atoms with E-state index in [1.54, 1.807) is 0 Å². The molecule has 0 aliphatic carbocycles. The zero-order chi connectivity index (χ0) is 32.2. The molecule has 0 aromatic heterocycles. The van der Waals surface area contributed by atoms with Gasteiger partial charge in [0.2, 0.25) is 0 Å². The van der Waals surface area contributed by atoms with E-state index in [2.05, 4.69) is 147 Å². The van der Waals surface area contributed by atoms with E-state index < -0.39 is 20.8 Å². The van der Waals surface area contributed by atoms with E-state index in [4.69, 9.17) is 17.0 Å². The summed E-state index contributed by atoms with van der Waals surface area (Å²) in [5.74, 6) is 1.60. The summed E-state index contributed by atoms with van der Waals surface area (Å²) < 4.78 is 0. The summed E-state index contributed by atoms with van der Waals surface area (Å²) in [6, 6.07) is 34.9. The van der Waals surface area contributed by atoms with Crippen LogP contribution in [0.1, 0.15) is 102 Å². The van der Waals surface area contributed by atoms with Crippen LogP contribution < -0.4 is 10.4 Å². The van der Waals surface area contributed by atoms with Crippen molar-refractivity contribution in [3.05, 3.63) is 113 Å². The molecule has 5 aromatic carbocycles. The summed E-state index contributed by atoms with van der Waals surface area (Å²) in [7, 11) is 10.7. The Hall–Kier alpha value is -1.83. The van der Waals surface area contributed by atoms with Gasteiger partial charge in [-0.2, -0.15) is 35.5 Å². The first-order chi connectivity index (χ1) is 20.8. The zero-order valence-corrected chi connectivity index (χ0v) is 32.5. The van der Waals surface area contributed by atoms with Crippen LogP contribution in [0.5, 0.6) is 0 Å². The molecule has 0 nitrogen and oxygen atoms in total. The first kappa shape index (κ1) is 35.0. The molecule has 0 amide bonds. The summed E-state index contributed by atoms with van der Waals surface area (Å²) in [4.78, 5) is 0. The molecule has 2 radical (unpaired) electrons. The minimum atomic E-state index is -0.826. The van der Waals surface area contributed by atoms with Crippen LogP contribution in [-0.2, 0) is 26.3 Å². The second kappa shape index (κ2) is 15.2. The van der Waals surface area contributed by atoms with Crippen LogP contribution in [0, 0.1) is 6.07 Å². The molecule has 44 heavy (non-hydrogen) atoms. The van der Waals surface area contributed by atoms with Gasteiger partial charge in [-0.05, 0) is 39.9 Å². The topological polar surface area (TPSA) is 0 Å². The Morgan fingerprint density at radius 1 is 0.750 bits per heavy atom. The summed E-state index contributed by atoms with van der Waals surface area (Å²) >= 11 is -0.826. The summed E-state index contributed by atoms with van der Waals surface area (Å²) in [6.07, 6.45) is 0. The molecule has 1 aliphatic heterocycles. The van der Waals surface area contributed by atoms with Gasteiger partial charge in [0.1, 0.15) is 0 Å². The standard InChI is InChI=1S/C28H37.C12H7Si.2ClH.Zr/c1-17(2)21-13-22(18(3)4)15-24(14-21)27-25-16-23(19(5)6)12-20(25)10-11-26(27)28(7,8)9;1-3-7-11-9(5-1)10-6-2-4-8-12(10)13-11;;;/h10-19H,1-9H3;1-7H;2*1H;/q2*-1;;;+4/p-2. The maximum Gasteiger partial charge on any atom is 0.0920 e. The Labute approximate surface area is 287 Å². The van der Waals surface area contributed by atoms with Crippen molar-refractivity contribution in [1.29, 1.82) is 0 Å². The van der Waals surface area contributed by atoms with Gasteiger partial charge in [0.25, 0.3) is 0 Å². The monoisotopic (exact) mass is 712 g/mol. The largest absolute Gasteiger partial charge is 0.184 e. The molecular weight excluding hydrogens is 671 g/mol. The van der Waals surface area contributed by atoms with Crippen LogP contribution in [0.4, 0.5) is 0 Å². The van der Waals surface area contributed by atoms with Gasteiger partial charge >= 0.3 is 37.9 Å². The minimum Gasteiger partial charge on any atom is -0.184 e. The van der Waals surface area contributed by atoms with Gasteiger partial charge in [-0.15, -0.1) is 40.1 Å². The molecule has 6 rings (SSSR count). The molecule has 0 spiro atoms. The van der Waals surface area contributed by atoms with E-state index in [1.807, 2.05) is 6.07 Å². The van der Waals surface area contributed by atoms with Crippen molar-refractivity contribution in [1.82, 2.24) is 0 Å². The quantitative estimate of drug-likeness (QED) is 0.126. The molecule has 4 heteroatoms. The summed E-state index contributed by atoms with van der Waals surface area (Å²) in [5, 5.41) is 5.60. The normalized spacial score (nSPS) is 12.0. The molecule has 1 heterocycles. The first-order valence-electron chi connectivity index (χ1n) is 15.6. The fourth-order valence-electron chi connectivity index (χ4n) is 5.79. The number of benzene rings is 4. The Morgan fingerprint density at radius 3 is 1.95 bits per heavy atom. The van der Waals surface area contributed by atoms with Crippen LogP contribution in [0.25, 0.3) is 33.0 Å². The average Bonchev–Trinajstić information content (AvgIpc) is 3.59. The number of hydrogen-bond donors (Lipinski definition) is 0. The summed E-state index contributed by atoms with van der Waals surface area (Å²) in [6.45, 7) is 20.8. The third-order valence-electron chi connectivity index (χ3n) is 8.32. The van der Waals surface area contributed by atoms with Gasteiger partial charge < -0.3 is 0 Å². The van der Waals surface area contributed by atoms with E-state index in [0.717, 1.165) is 9.52 Å². The minimum absolute atomic E-state index is 0.102. The maximum absolute atomic E-state index is 4.93. The molecule has 0 fully saturated rings. The van der Waals surface area contributed by atoms with Crippen molar-refractivity contribution in [2.24, 2.45) is 0 Å². The molecule has 0 unspecified atom stereocenters. The number of fused-ring (bicyclic) bond motifs is 4. The molecular formula is C40H44Cl2SiZr. The van der Waals surface area contributed by atoms with Crippen molar-refractivity contribution >= 4 is 47.7 Å². The SMILES string of the molecule is CC(C)c1cc(-c2c(C(C)(C)C)ccc3[cH-]c(C(C)C)cc23)cc(C(C)C)c1.[Cl][Zr+2][Cl].[c-]1cccc2c1[Si]c1ccccc1-2. The molecule has 0 N–H and O–H groups in total. The van der Waals surface area contributed by atoms with Gasteiger partial charge in [0.15, 0.2) is 0 Å². The second-order valence-corrected chi connectivity index (χ2v) is 18.6. The number of halogens is 2. The van der Waals surface area contributed by atoms with Crippen LogP contribution in [-0.4, -0.2) is 9.52 Å². The van der Waals surface area contributed by atoms with E-state index in [1.165, 1.54) is 65.7 Å². The number of hydrogen-bond acceptors (Lipinski definition) is 0. The Bertz CT molecular complexity index is 1640. The van der Waals surface area contributed by atoms with Gasteiger partial charge in [-0.25, -0.2) is 0 Å². The van der Waals surface area contributed by atoms with Crippen molar-refractivity contribution in [3.8, 4) is 22.3 Å². The first-order valence-corrected chi connectivity index (χ1v) is 22.9. The molecule has 0 atom stereocenters. The van der Waals surface area contributed by atoms with Crippen molar-refractivity contribution in [3.63, 3.8) is 0 Å². The second-order valence-electron chi connectivity index (χ2n) is 13.6. The molecule has 0 saturated carbocycles. The third-order valence-corrected chi connectivity index (χ3v) is 9.69.